The molecule has 4 nitrogen and oxygen atoms in total. The van der Waals surface area contributed by atoms with Gasteiger partial charge in [0.2, 0.25) is 0 Å². The number of hydrogen-bond donors (Lipinski definition) is 3. The minimum Gasteiger partial charge on any atom is -0.395 e. The molecule has 0 aromatic heterocycles. The highest BCUT2D eigenvalue weighted by Crippen LogP contribution is 2.24. The number of aliphatic hydroxyl groups excluding tert-OH is 2. The molecule has 118 valence electrons. The van der Waals surface area contributed by atoms with Crippen molar-refractivity contribution in [3.8, 4) is 0 Å². The number of allylic oxidation sites excluding steroid dienone is 2. The zero-order chi connectivity index (χ0) is 15.0. The third kappa shape index (κ3) is 6.35. The van der Waals surface area contributed by atoms with E-state index in [9.17, 15) is 10.2 Å². The molecule has 0 bridgehead atoms. The van der Waals surface area contributed by atoms with E-state index in [4.69, 9.17) is 4.74 Å². The minimum absolute atomic E-state index is 0.0353. The Kier molecular flexibility index (Phi) is 8.38. The predicted octanol–water partition coefficient (Wildman–Crippen LogP) is 1.57. The average Bonchev–Trinajstić information content (AvgIpc) is 2.41. The molecule has 0 aromatic rings. The molecule has 0 heterocycles. The monoisotopic (exact) mass is 285 g/mol. The van der Waals surface area contributed by atoms with Crippen LogP contribution in [0.4, 0.5) is 0 Å². The SMILES string of the molecule is CC(C)C(CO)NCC(O)COCC1CC=CCC1C. The quantitative estimate of drug-likeness (QED) is 0.563. The van der Waals surface area contributed by atoms with Crippen molar-refractivity contribution in [1.29, 1.82) is 0 Å². The van der Waals surface area contributed by atoms with Gasteiger partial charge in [0, 0.05) is 12.6 Å². The van der Waals surface area contributed by atoms with E-state index >= 15 is 0 Å². The molecule has 0 aliphatic heterocycles. The summed E-state index contributed by atoms with van der Waals surface area (Å²) in [5.74, 6) is 1.58. The fourth-order valence-electron chi connectivity index (χ4n) is 2.45. The van der Waals surface area contributed by atoms with E-state index < -0.39 is 6.10 Å². The number of ether oxygens (including phenoxy) is 1. The molecule has 0 saturated carbocycles. The van der Waals surface area contributed by atoms with E-state index in [1.807, 2.05) is 0 Å². The van der Waals surface area contributed by atoms with E-state index in [0.29, 0.717) is 30.9 Å². The summed E-state index contributed by atoms with van der Waals surface area (Å²) in [6.45, 7) is 7.99. The normalized spacial score (nSPS) is 25.9. The predicted molar refractivity (Wildman–Crippen MR) is 81.6 cm³/mol. The molecule has 0 radical (unpaired) electrons. The number of aliphatic hydroxyl groups is 2. The van der Waals surface area contributed by atoms with Crippen molar-refractivity contribution in [2.75, 3.05) is 26.4 Å². The molecule has 3 N–H and O–H groups in total. The third-order valence-electron chi connectivity index (χ3n) is 4.18. The molecular formula is C16H31NO3. The van der Waals surface area contributed by atoms with Crippen LogP contribution >= 0.6 is 0 Å². The van der Waals surface area contributed by atoms with Gasteiger partial charge in [-0.15, -0.1) is 0 Å². The first kappa shape index (κ1) is 17.6. The van der Waals surface area contributed by atoms with Crippen LogP contribution in [0.2, 0.25) is 0 Å². The highest BCUT2D eigenvalue weighted by atomic mass is 16.5. The smallest absolute Gasteiger partial charge is 0.0897 e. The highest BCUT2D eigenvalue weighted by Gasteiger charge is 2.19. The Hall–Kier alpha value is -0.420. The summed E-state index contributed by atoms with van der Waals surface area (Å²) in [6.07, 6.45) is 6.15. The van der Waals surface area contributed by atoms with Crippen molar-refractivity contribution in [2.45, 2.75) is 45.8 Å². The van der Waals surface area contributed by atoms with Crippen LogP contribution in [0.15, 0.2) is 12.2 Å². The molecule has 1 aliphatic carbocycles. The van der Waals surface area contributed by atoms with Gasteiger partial charge in [0.05, 0.1) is 25.9 Å². The van der Waals surface area contributed by atoms with E-state index in [-0.39, 0.29) is 12.6 Å². The van der Waals surface area contributed by atoms with Crippen LogP contribution in [0.5, 0.6) is 0 Å². The second kappa shape index (κ2) is 9.50. The lowest BCUT2D eigenvalue weighted by Gasteiger charge is -2.26. The van der Waals surface area contributed by atoms with Gasteiger partial charge in [-0.05, 0) is 30.6 Å². The van der Waals surface area contributed by atoms with E-state index in [1.165, 1.54) is 0 Å². The maximum absolute atomic E-state index is 9.89. The minimum atomic E-state index is -0.516. The van der Waals surface area contributed by atoms with Gasteiger partial charge >= 0.3 is 0 Å². The third-order valence-corrected chi connectivity index (χ3v) is 4.18. The van der Waals surface area contributed by atoms with Gasteiger partial charge in [0.15, 0.2) is 0 Å². The second-order valence-electron chi connectivity index (χ2n) is 6.31. The van der Waals surface area contributed by atoms with Crippen molar-refractivity contribution in [2.24, 2.45) is 17.8 Å². The van der Waals surface area contributed by atoms with Crippen molar-refractivity contribution in [1.82, 2.24) is 5.32 Å². The first-order valence-electron chi connectivity index (χ1n) is 7.79. The molecule has 4 heteroatoms. The van der Waals surface area contributed by atoms with Gasteiger partial charge < -0.3 is 20.3 Å². The van der Waals surface area contributed by atoms with E-state index in [0.717, 1.165) is 19.4 Å². The molecule has 0 saturated heterocycles. The Bertz CT molecular complexity index is 281. The molecule has 0 fully saturated rings. The Morgan fingerprint density at radius 3 is 2.60 bits per heavy atom. The number of nitrogens with one attached hydrogen (secondary N) is 1. The van der Waals surface area contributed by atoms with E-state index in [1.54, 1.807) is 0 Å². The van der Waals surface area contributed by atoms with Gasteiger partial charge in [-0.25, -0.2) is 0 Å². The summed E-state index contributed by atoms with van der Waals surface area (Å²) in [5, 5.41) is 22.3. The Morgan fingerprint density at radius 2 is 2.00 bits per heavy atom. The lowest BCUT2D eigenvalue weighted by atomic mass is 9.85. The molecular weight excluding hydrogens is 254 g/mol. The van der Waals surface area contributed by atoms with Crippen LogP contribution in [-0.4, -0.2) is 48.7 Å². The molecule has 0 spiro atoms. The maximum atomic E-state index is 9.89. The summed E-state index contributed by atoms with van der Waals surface area (Å²) in [4.78, 5) is 0. The van der Waals surface area contributed by atoms with Gasteiger partial charge in [-0.1, -0.05) is 32.9 Å². The van der Waals surface area contributed by atoms with Crippen LogP contribution in [0.1, 0.15) is 33.6 Å². The van der Waals surface area contributed by atoms with Crippen LogP contribution in [0.25, 0.3) is 0 Å². The van der Waals surface area contributed by atoms with Crippen LogP contribution in [-0.2, 0) is 4.74 Å². The molecule has 4 atom stereocenters. The molecule has 4 unspecified atom stereocenters. The van der Waals surface area contributed by atoms with Gasteiger partial charge in [0.1, 0.15) is 0 Å². The highest BCUT2D eigenvalue weighted by molar-refractivity contribution is 4.93. The summed E-state index contributed by atoms with van der Waals surface area (Å²) in [6, 6.07) is 0.0353. The fourth-order valence-corrected chi connectivity index (χ4v) is 2.45. The van der Waals surface area contributed by atoms with Gasteiger partial charge in [-0.2, -0.15) is 0 Å². The molecule has 0 amide bonds. The molecule has 0 aromatic carbocycles. The van der Waals surface area contributed by atoms with Crippen molar-refractivity contribution in [3.63, 3.8) is 0 Å². The second-order valence-corrected chi connectivity index (χ2v) is 6.31. The molecule has 1 rings (SSSR count). The molecule has 1 aliphatic rings. The maximum Gasteiger partial charge on any atom is 0.0897 e. The van der Waals surface area contributed by atoms with Crippen LogP contribution in [0.3, 0.4) is 0 Å². The largest absolute Gasteiger partial charge is 0.395 e. The zero-order valence-electron chi connectivity index (χ0n) is 13.1. The first-order chi connectivity index (χ1) is 9.54. The Balaban J connectivity index is 2.13. The average molecular weight is 285 g/mol. The fraction of sp³-hybridized carbons (Fsp3) is 0.875. The lowest BCUT2D eigenvalue weighted by Crippen LogP contribution is -2.42. The van der Waals surface area contributed by atoms with Crippen LogP contribution < -0.4 is 5.32 Å². The summed E-state index contributed by atoms with van der Waals surface area (Å²) >= 11 is 0. The summed E-state index contributed by atoms with van der Waals surface area (Å²) in [5.41, 5.74) is 0. The lowest BCUT2D eigenvalue weighted by molar-refractivity contribution is 0.0104. The Morgan fingerprint density at radius 1 is 1.30 bits per heavy atom. The summed E-state index contributed by atoms with van der Waals surface area (Å²) < 4.78 is 5.65. The van der Waals surface area contributed by atoms with Crippen LogP contribution in [0, 0.1) is 17.8 Å². The van der Waals surface area contributed by atoms with Crippen molar-refractivity contribution in [3.05, 3.63) is 12.2 Å². The first-order valence-corrected chi connectivity index (χ1v) is 7.79. The number of hydrogen-bond acceptors (Lipinski definition) is 4. The van der Waals surface area contributed by atoms with E-state index in [2.05, 4.69) is 38.2 Å². The standard InChI is InChI=1S/C16H31NO3/c1-12(2)16(9-18)17-8-15(19)11-20-10-14-7-5-4-6-13(14)3/h4-5,12-19H,6-11H2,1-3H3. The van der Waals surface area contributed by atoms with Crippen molar-refractivity contribution >= 4 is 0 Å². The van der Waals surface area contributed by atoms with Crippen molar-refractivity contribution < 1.29 is 14.9 Å². The summed E-state index contributed by atoms with van der Waals surface area (Å²) in [7, 11) is 0. The Labute approximate surface area is 123 Å². The van der Waals surface area contributed by atoms with Gasteiger partial charge in [0.25, 0.3) is 0 Å². The topological polar surface area (TPSA) is 61.7 Å². The van der Waals surface area contributed by atoms with Gasteiger partial charge in [-0.3, -0.25) is 0 Å². The molecule has 20 heavy (non-hydrogen) atoms. The number of rotatable bonds is 9. The zero-order valence-corrected chi connectivity index (χ0v) is 13.1.